The summed E-state index contributed by atoms with van der Waals surface area (Å²) in [6.45, 7) is 7.50. The lowest BCUT2D eigenvalue weighted by molar-refractivity contribution is 0.0821. The van der Waals surface area contributed by atoms with E-state index in [4.69, 9.17) is 0 Å². The molecule has 0 radical (unpaired) electrons. The molecule has 0 spiro atoms. The van der Waals surface area contributed by atoms with Crippen LogP contribution in [0.15, 0.2) is 0 Å². The van der Waals surface area contributed by atoms with Crippen molar-refractivity contribution in [1.82, 2.24) is 4.90 Å². The molecular formula is C14H26BrN. The lowest BCUT2D eigenvalue weighted by Crippen LogP contribution is -2.46. The Hall–Kier alpha value is 0.440. The summed E-state index contributed by atoms with van der Waals surface area (Å²) in [6, 6.07) is 0.806. The van der Waals surface area contributed by atoms with Crippen molar-refractivity contribution in [2.75, 3.05) is 18.4 Å². The normalized spacial score (nSPS) is 35.4. The number of hydrogen-bond acceptors (Lipinski definition) is 1. The molecule has 0 N–H and O–H groups in total. The van der Waals surface area contributed by atoms with Crippen molar-refractivity contribution >= 4 is 15.9 Å². The third-order valence-corrected chi connectivity index (χ3v) is 5.95. The van der Waals surface area contributed by atoms with Crippen LogP contribution in [0.25, 0.3) is 0 Å². The van der Waals surface area contributed by atoms with Gasteiger partial charge in [-0.2, -0.15) is 0 Å². The van der Waals surface area contributed by atoms with E-state index in [9.17, 15) is 0 Å². The first-order valence-electron chi connectivity index (χ1n) is 6.95. The van der Waals surface area contributed by atoms with Gasteiger partial charge in [0.05, 0.1) is 0 Å². The second-order valence-electron chi connectivity index (χ2n) is 6.29. The number of piperidine rings is 1. The summed E-state index contributed by atoms with van der Waals surface area (Å²) in [7, 11) is 0. The van der Waals surface area contributed by atoms with Gasteiger partial charge in [-0.25, -0.2) is 0 Å². The van der Waals surface area contributed by atoms with Crippen molar-refractivity contribution in [3.05, 3.63) is 0 Å². The van der Waals surface area contributed by atoms with Gasteiger partial charge in [0, 0.05) is 17.9 Å². The molecule has 16 heavy (non-hydrogen) atoms. The predicted octanol–water partition coefficient (Wildman–Crippen LogP) is 4.06. The highest BCUT2D eigenvalue weighted by Crippen LogP contribution is 2.41. The summed E-state index contributed by atoms with van der Waals surface area (Å²) < 4.78 is 0. The molecule has 0 amide bonds. The Morgan fingerprint density at radius 1 is 1.25 bits per heavy atom. The van der Waals surface area contributed by atoms with E-state index in [2.05, 4.69) is 34.7 Å². The Kier molecular flexibility index (Phi) is 4.34. The van der Waals surface area contributed by atoms with E-state index in [-0.39, 0.29) is 0 Å². The van der Waals surface area contributed by atoms with Crippen molar-refractivity contribution in [1.29, 1.82) is 0 Å². The van der Waals surface area contributed by atoms with Gasteiger partial charge in [-0.3, -0.25) is 0 Å². The van der Waals surface area contributed by atoms with E-state index in [0.29, 0.717) is 5.41 Å². The monoisotopic (exact) mass is 287 g/mol. The Bertz CT molecular complexity index is 223. The van der Waals surface area contributed by atoms with Crippen LogP contribution in [0, 0.1) is 11.3 Å². The van der Waals surface area contributed by atoms with Gasteiger partial charge < -0.3 is 4.90 Å². The fraction of sp³-hybridized carbons (Fsp3) is 1.00. The number of halogens is 1. The lowest BCUT2D eigenvalue weighted by Gasteiger charge is -2.42. The molecule has 1 saturated carbocycles. The van der Waals surface area contributed by atoms with Crippen LogP contribution in [-0.2, 0) is 0 Å². The highest BCUT2D eigenvalue weighted by molar-refractivity contribution is 9.09. The van der Waals surface area contributed by atoms with Crippen LogP contribution in [0.5, 0.6) is 0 Å². The molecule has 1 aliphatic heterocycles. The van der Waals surface area contributed by atoms with Gasteiger partial charge in [0.1, 0.15) is 0 Å². The molecule has 0 aromatic heterocycles. The van der Waals surface area contributed by atoms with Crippen molar-refractivity contribution < 1.29 is 0 Å². The smallest absolute Gasteiger partial charge is 0.0100 e. The third-order valence-electron chi connectivity index (χ3n) is 4.76. The molecule has 2 heteroatoms. The quantitative estimate of drug-likeness (QED) is 0.708. The number of rotatable bonds is 3. The van der Waals surface area contributed by atoms with Gasteiger partial charge in [-0.05, 0) is 50.5 Å². The molecule has 2 fully saturated rings. The molecular weight excluding hydrogens is 262 g/mol. The highest BCUT2D eigenvalue weighted by atomic mass is 79.9. The van der Waals surface area contributed by atoms with Crippen LogP contribution in [0.2, 0.25) is 0 Å². The zero-order chi connectivity index (χ0) is 11.6. The van der Waals surface area contributed by atoms with E-state index >= 15 is 0 Å². The third kappa shape index (κ3) is 2.81. The topological polar surface area (TPSA) is 3.24 Å². The minimum Gasteiger partial charge on any atom is -0.300 e. The first-order chi connectivity index (χ1) is 7.65. The van der Waals surface area contributed by atoms with Gasteiger partial charge in [0.15, 0.2) is 0 Å². The second-order valence-corrected chi connectivity index (χ2v) is 6.85. The molecule has 2 atom stereocenters. The minimum atomic E-state index is 0.606. The summed E-state index contributed by atoms with van der Waals surface area (Å²) in [5, 5.41) is 1.21. The number of likely N-dealkylation sites (tertiary alicyclic amines) is 1. The van der Waals surface area contributed by atoms with Crippen LogP contribution in [0.3, 0.4) is 0 Å². The minimum absolute atomic E-state index is 0.606. The maximum absolute atomic E-state index is 3.77. The fourth-order valence-electron chi connectivity index (χ4n) is 3.58. The summed E-state index contributed by atoms with van der Waals surface area (Å²) in [6.07, 6.45) is 8.59. The summed E-state index contributed by atoms with van der Waals surface area (Å²) in [4.78, 5) is 2.76. The van der Waals surface area contributed by atoms with E-state index in [0.717, 1.165) is 12.0 Å². The molecule has 0 aromatic rings. The van der Waals surface area contributed by atoms with Crippen molar-refractivity contribution in [3.8, 4) is 0 Å². The van der Waals surface area contributed by atoms with E-state index in [1.807, 2.05) is 0 Å². The Morgan fingerprint density at radius 3 is 2.50 bits per heavy atom. The molecule has 94 valence electrons. The van der Waals surface area contributed by atoms with Crippen LogP contribution in [0.4, 0.5) is 0 Å². The lowest BCUT2D eigenvalue weighted by atomic mass is 9.85. The van der Waals surface area contributed by atoms with E-state index in [1.54, 1.807) is 0 Å². The van der Waals surface area contributed by atoms with E-state index in [1.165, 1.54) is 56.9 Å². The average molecular weight is 288 g/mol. The Labute approximate surface area is 109 Å². The second kappa shape index (κ2) is 5.39. The molecule has 2 unspecified atom stereocenters. The fourth-order valence-corrected chi connectivity index (χ4v) is 4.32. The van der Waals surface area contributed by atoms with E-state index < -0.39 is 0 Å². The van der Waals surface area contributed by atoms with Crippen LogP contribution in [-0.4, -0.2) is 29.4 Å². The van der Waals surface area contributed by atoms with Crippen LogP contribution >= 0.6 is 15.9 Å². The van der Waals surface area contributed by atoms with Gasteiger partial charge >= 0.3 is 0 Å². The molecule has 0 aromatic carbocycles. The van der Waals surface area contributed by atoms with Gasteiger partial charge in [-0.15, -0.1) is 0 Å². The zero-order valence-electron chi connectivity index (χ0n) is 10.8. The molecule has 1 saturated heterocycles. The molecule has 2 rings (SSSR count). The number of hydrogen-bond donors (Lipinski definition) is 0. The summed E-state index contributed by atoms with van der Waals surface area (Å²) in [5.74, 6) is 0.940. The largest absolute Gasteiger partial charge is 0.300 e. The molecule has 1 heterocycles. The number of alkyl halides is 1. The Balaban J connectivity index is 1.92. The van der Waals surface area contributed by atoms with Gasteiger partial charge in [0.2, 0.25) is 0 Å². The maximum Gasteiger partial charge on any atom is 0.0100 e. The van der Waals surface area contributed by atoms with Crippen LogP contribution in [0.1, 0.15) is 52.4 Å². The molecule has 0 bridgehead atoms. The summed E-state index contributed by atoms with van der Waals surface area (Å²) >= 11 is 3.77. The number of nitrogens with zero attached hydrogens (tertiary/aromatic N) is 1. The van der Waals surface area contributed by atoms with Crippen molar-refractivity contribution in [2.24, 2.45) is 11.3 Å². The molecule has 1 nitrogen and oxygen atoms in total. The average Bonchev–Trinajstić information content (AvgIpc) is 2.72. The first-order valence-corrected chi connectivity index (χ1v) is 8.07. The SMILES string of the molecule is CC1CCN(CC2(CBr)CCCC2)C(C)C1. The predicted molar refractivity (Wildman–Crippen MR) is 74.1 cm³/mol. The molecule has 2 aliphatic rings. The Morgan fingerprint density at radius 2 is 1.94 bits per heavy atom. The van der Waals surface area contributed by atoms with Crippen LogP contribution < -0.4 is 0 Å². The molecule has 1 aliphatic carbocycles. The standard InChI is InChI=1S/C14H26BrN/c1-12-5-8-16(13(2)9-12)11-14(10-15)6-3-4-7-14/h12-13H,3-11H2,1-2H3. The van der Waals surface area contributed by atoms with Crippen molar-refractivity contribution in [2.45, 2.75) is 58.4 Å². The van der Waals surface area contributed by atoms with Gasteiger partial charge in [0.25, 0.3) is 0 Å². The zero-order valence-corrected chi connectivity index (χ0v) is 12.4. The first kappa shape index (κ1) is 12.9. The van der Waals surface area contributed by atoms with Crippen molar-refractivity contribution in [3.63, 3.8) is 0 Å². The highest BCUT2D eigenvalue weighted by Gasteiger charge is 2.36. The summed E-state index contributed by atoms with van der Waals surface area (Å²) in [5.41, 5.74) is 0.606. The maximum atomic E-state index is 3.77. The van der Waals surface area contributed by atoms with Gasteiger partial charge in [-0.1, -0.05) is 35.7 Å².